The van der Waals surface area contributed by atoms with Gasteiger partial charge in [0, 0.05) is 31.9 Å². The van der Waals surface area contributed by atoms with Crippen LogP contribution in [0.4, 0.5) is 5.69 Å². The third-order valence-electron chi connectivity index (χ3n) is 4.88. The molecule has 0 radical (unpaired) electrons. The number of hydrogen-bond acceptors (Lipinski definition) is 3. The van der Waals surface area contributed by atoms with Gasteiger partial charge in [-0.25, -0.2) is 0 Å². The summed E-state index contributed by atoms with van der Waals surface area (Å²) in [6.07, 6.45) is 1.89. The third-order valence-corrected chi connectivity index (χ3v) is 5.29. The minimum Gasteiger partial charge on any atom is -0.348 e. The fourth-order valence-corrected chi connectivity index (χ4v) is 3.18. The zero-order valence-corrected chi connectivity index (χ0v) is 17.3. The number of rotatable bonds is 5. The molecule has 7 heteroatoms. The minimum absolute atomic E-state index is 0.670. The summed E-state index contributed by atoms with van der Waals surface area (Å²) >= 11 is 5.62. The first-order valence-corrected chi connectivity index (χ1v) is 9.35. The van der Waals surface area contributed by atoms with Crippen LogP contribution in [0.15, 0.2) is 36.5 Å². The Bertz CT molecular complexity index is 941. The van der Waals surface area contributed by atoms with Gasteiger partial charge in [-0.3, -0.25) is 9.36 Å². The molecule has 27 heavy (non-hydrogen) atoms. The van der Waals surface area contributed by atoms with Crippen LogP contribution < -0.4 is 5.32 Å². The van der Waals surface area contributed by atoms with Gasteiger partial charge in [-0.1, -0.05) is 30.3 Å². The van der Waals surface area contributed by atoms with Crippen LogP contribution in [0, 0.1) is 20.8 Å². The standard InChI is InChI=1S/C20H26N6S/c1-14-19(16(3)26(23-14)12-17-9-7-6-8-10-17)22-20(27)24(4)13-18-11-21-25(5)15(18)2/h6-11H,12-13H2,1-5H3,(H,22,27). The highest BCUT2D eigenvalue weighted by molar-refractivity contribution is 7.80. The quantitative estimate of drug-likeness (QED) is 0.685. The first kappa shape index (κ1) is 19.1. The molecule has 0 fully saturated rings. The molecule has 2 heterocycles. The fraction of sp³-hybridized carbons (Fsp3) is 0.350. The van der Waals surface area contributed by atoms with Gasteiger partial charge in [-0.2, -0.15) is 10.2 Å². The van der Waals surface area contributed by atoms with E-state index in [4.69, 9.17) is 12.2 Å². The average molecular weight is 383 g/mol. The van der Waals surface area contributed by atoms with Crippen molar-refractivity contribution in [3.05, 3.63) is 64.7 Å². The Morgan fingerprint density at radius 2 is 1.85 bits per heavy atom. The maximum atomic E-state index is 5.62. The molecule has 3 rings (SSSR count). The first-order chi connectivity index (χ1) is 12.9. The molecular formula is C20H26N6S. The highest BCUT2D eigenvalue weighted by Crippen LogP contribution is 2.21. The van der Waals surface area contributed by atoms with E-state index in [0.717, 1.165) is 34.9 Å². The van der Waals surface area contributed by atoms with E-state index >= 15 is 0 Å². The van der Waals surface area contributed by atoms with Crippen molar-refractivity contribution >= 4 is 23.0 Å². The molecule has 0 aliphatic heterocycles. The second-order valence-corrected chi connectivity index (χ2v) is 7.24. The highest BCUT2D eigenvalue weighted by atomic mass is 32.1. The molecule has 0 unspecified atom stereocenters. The van der Waals surface area contributed by atoms with Gasteiger partial charge in [0.25, 0.3) is 0 Å². The van der Waals surface area contributed by atoms with Crippen molar-refractivity contribution in [2.75, 3.05) is 12.4 Å². The van der Waals surface area contributed by atoms with Gasteiger partial charge in [0.1, 0.15) is 0 Å². The molecule has 0 spiro atoms. The van der Waals surface area contributed by atoms with Crippen LogP contribution in [-0.2, 0) is 20.1 Å². The van der Waals surface area contributed by atoms with Crippen LogP contribution in [0.2, 0.25) is 0 Å². The second kappa shape index (κ2) is 7.92. The molecule has 0 aliphatic carbocycles. The summed E-state index contributed by atoms with van der Waals surface area (Å²) < 4.78 is 3.89. The van der Waals surface area contributed by atoms with Crippen LogP contribution in [0.5, 0.6) is 0 Å². The number of hydrogen-bond donors (Lipinski definition) is 1. The lowest BCUT2D eigenvalue weighted by Crippen LogP contribution is -2.31. The SMILES string of the molecule is Cc1nn(Cc2ccccc2)c(C)c1NC(=S)N(C)Cc1cnn(C)c1C. The summed E-state index contributed by atoms with van der Waals surface area (Å²) in [4.78, 5) is 2.02. The lowest BCUT2D eigenvalue weighted by atomic mass is 10.2. The van der Waals surface area contributed by atoms with Gasteiger partial charge < -0.3 is 10.2 Å². The van der Waals surface area contributed by atoms with Gasteiger partial charge >= 0.3 is 0 Å². The largest absolute Gasteiger partial charge is 0.348 e. The van der Waals surface area contributed by atoms with Crippen LogP contribution in [-0.4, -0.2) is 36.6 Å². The average Bonchev–Trinajstić information content (AvgIpc) is 3.10. The van der Waals surface area contributed by atoms with Crippen molar-refractivity contribution < 1.29 is 0 Å². The fourth-order valence-electron chi connectivity index (χ4n) is 3.02. The van der Waals surface area contributed by atoms with Crippen molar-refractivity contribution in [3.8, 4) is 0 Å². The number of thiocarbonyl (C=S) groups is 1. The summed E-state index contributed by atoms with van der Waals surface area (Å²) in [6, 6.07) is 10.3. The van der Waals surface area contributed by atoms with E-state index in [2.05, 4.69) is 41.5 Å². The molecule has 142 valence electrons. The summed E-state index contributed by atoms with van der Waals surface area (Å²) in [6.45, 7) is 7.59. The molecule has 0 bridgehead atoms. The van der Waals surface area contributed by atoms with E-state index in [9.17, 15) is 0 Å². The Balaban J connectivity index is 1.71. The predicted molar refractivity (Wildman–Crippen MR) is 113 cm³/mol. The van der Waals surface area contributed by atoms with E-state index in [0.29, 0.717) is 11.7 Å². The number of nitrogens with one attached hydrogen (secondary N) is 1. The summed E-state index contributed by atoms with van der Waals surface area (Å²) in [7, 11) is 3.93. The van der Waals surface area contributed by atoms with Gasteiger partial charge in [0.05, 0.1) is 29.8 Å². The first-order valence-electron chi connectivity index (χ1n) is 8.94. The van der Waals surface area contributed by atoms with Gasteiger partial charge in [-0.15, -0.1) is 0 Å². The Labute approximate surface area is 165 Å². The smallest absolute Gasteiger partial charge is 0.173 e. The van der Waals surface area contributed by atoms with Crippen molar-refractivity contribution in [1.82, 2.24) is 24.5 Å². The van der Waals surface area contributed by atoms with Crippen molar-refractivity contribution in [3.63, 3.8) is 0 Å². The minimum atomic E-state index is 0.670. The van der Waals surface area contributed by atoms with Gasteiger partial charge in [0.15, 0.2) is 5.11 Å². The molecule has 1 N–H and O–H groups in total. The Morgan fingerprint density at radius 1 is 1.15 bits per heavy atom. The number of aryl methyl sites for hydroxylation is 2. The van der Waals surface area contributed by atoms with Crippen molar-refractivity contribution in [1.29, 1.82) is 0 Å². The molecule has 6 nitrogen and oxygen atoms in total. The van der Waals surface area contributed by atoms with Crippen LogP contribution in [0.1, 0.15) is 28.2 Å². The van der Waals surface area contributed by atoms with Gasteiger partial charge in [0.2, 0.25) is 0 Å². The summed E-state index contributed by atoms with van der Waals surface area (Å²) in [5, 5.41) is 13.0. The Hall–Kier alpha value is -2.67. The number of benzene rings is 1. The zero-order valence-electron chi connectivity index (χ0n) is 16.5. The predicted octanol–water partition coefficient (Wildman–Crippen LogP) is 3.42. The number of nitrogens with zero attached hydrogens (tertiary/aromatic N) is 5. The molecular weight excluding hydrogens is 356 g/mol. The molecule has 0 saturated carbocycles. The molecule has 2 aromatic heterocycles. The van der Waals surface area contributed by atoms with Crippen LogP contribution in [0.25, 0.3) is 0 Å². The molecule has 1 aromatic carbocycles. The molecule has 0 aliphatic rings. The monoisotopic (exact) mass is 382 g/mol. The van der Waals surface area contributed by atoms with Crippen molar-refractivity contribution in [2.45, 2.75) is 33.9 Å². The number of anilines is 1. The lowest BCUT2D eigenvalue weighted by Gasteiger charge is -2.21. The maximum absolute atomic E-state index is 5.62. The summed E-state index contributed by atoms with van der Waals surface area (Å²) in [5.41, 5.74) is 6.53. The Kier molecular flexibility index (Phi) is 5.60. The third kappa shape index (κ3) is 4.19. The van der Waals surface area contributed by atoms with E-state index < -0.39 is 0 Å². The van der Waals surface area contributed by atoms with Gasteiger partial charge in [-0.05, 0) is 38.6 Å². The topological polar surface area (TPSA) is 50.9 Å². The van der Waals surface area contributed by atoms with E-state index in [1.54, 1.807) is 0 Å². The van der Waals surface area contributed by atoms with E-state index in [-0.39, 0.29) is 0 Å². The van der Waals surface area contributed by atoms with Crippen LogP contribution >= 0.6 is 12.2 Å². The Morgan fingerprint density at radius 3 is 2.48 bits per heavy atom. The van der Waals surface area contributed by atoms with Crippen molar-refractivity contribution in [2.24, 2.45) is 7.05 Å². The normalized spacial score (nSPS) is 10.9. The van der Waals surface area contributed by atoms with Crippen LogP contribution in [0.3, 0.4) is 0 Å². The highest BCUT2D eigenvalue weighted by Gasteiger charge is 2.16. The van der Waals surface area contributed by atoms with E-state index in [1.807, 2.05) is 59.7 Å². The number of aromatic nitrogens is 4. The molecule has 0 amide bonds. The zero-order chi connectivity index (χ0) is 19.6. The second-order valence-electron chi connectivity index (χ2n) is 6.85. The summed E-state index contributed by atoms with van der Waals surface area (Å²) in [5.74, 6) is 0. The molecule has 0 saturated heterocycles. The molecule has 3 aromatic rings. The molecule has 0 atom stereocenters. The van der Waals surface area contributed by atoms with E-state index in [1.165, 1.54) is 5.56 Å². The lowest BCUT2D eigenvalue weighted by molar-refractivity contribution is 0.506. The maximum Gasteiger partial charge on any atom is 0.173 e.